The Balaban J connectivity index is 2.87. The first-order valence-corrected chi connectivity index (χ1v) is 6.60. The second-order valence-corrected chi connectivity index (χ2v) is 6.08. The fourth-order valence-corrected chi connectivity index (χ4v) is 2.32. The van der Waals surface area contributed by atoms with Crippen molar-refractivity contribution in [3.8, 4) is 0 Å². The molecule has 0 unspecified atom stereocenters. The van der Waals surface area contributed by atoms with Gasteiger partial charge in [0.1, 0.15) is 0 Å². The summed E-state index contributed by atoms with van der Waals surface area (Å²) in [5.41, 5.74) is 0.830. The summed E-state index contributed by atoms with van der Waals surface area (Å²) in [5, 5.41) is 0. The zero-order valence-electron chi connectivity index (χ0n) is 7.33. The Bertz CT molecular complexity index is 384. The predicted molar refractivity (Wildman–Crippen MR) is 57.3 cm³/mol. The van der Waals surface area contributed by atoms with E-state index in [2.05, 4.69) is 15.9 Å². The zero-order valence-corrected chi connectivity index (χ0v) is 9.73. The maximum absolute atomic E-state index is 11.3. The van der Waals surface area contributed by atoms with Crippen LogP contribution in [0.4, 0.5) is 0 Å². The molecule has 4 heteroatoms. The third-order valence-electron chi connectivity index (χ3n) is 1.72. The molecule has 0 aliphatic heterocycles. The number of halogens is 1. The van der Waals surface area contributed by atoms with Crippen molar-refractivity contribution in [2.45, 2.75) is 12.7 Å². The highest BCUT2D eigenvalue weighted by Crippen LogP contribution is 2.14. The van der Waals surface area contributed by atoms with Crippen molar-refractivity contribution in [2.24, 2.45) is 0 Å². The Morgan fingerprint density at radius 1 is 1.38 bits per heavy atom. The van der Waals surface area contributed by atoms with E-state index in [4.69, 9.17) is 0 Å². The second-order valence-electron chi connectivity index (χ2n) is 2.81. The number of rotatable bonds is 3. The van der Waals surface area contributed by atoms with Crippen LogP contribution in [0.2, 0.25) is 0 Å². The summed E-state index contributed by atoms with van der Waals surface area (Å²) in [6, 6.07) is 7.36. The van der Waals surface area contributed by atoms with Crippen molar-refractivity contribution in [1.29, 1.82) is 0 Å². The van der Waals surface area contributed by atoms with Gasteiger partial charge in [-0.05, 0) is 17.7 Å². The topological polar surface area (TPSA) is 34.1 Å². The minimum Gasteiger partial charge on any atom is -0.229 e. The van der Waals surface area contributed by atoms with E-state index in [0.29, 0.717) is 0 Å². The maximum Gasteiger partial charge on any atom is 0.154 e. The maximum atomic E-state index is 11.3. The van der Waals surface area contributed by atoms with E-state index in [1.807, 2.05) is 24.3 Å². The molecule has 0 radical (unpaired) electrons. The average molecular weight is 263 g/mol. The molecule has 0 bridgehead atoms. The molecule has 0 atom stereocenters. The van der Waals surface area contributed by atoms with Crippen LogP contribution in [0.1, 0.15) is 12.5 Å². The number of hydrogen-bond donors (Lipinski definition) is 0. The number of sulfone groups is 1. The molecule has 2 nitrogen and oxygen atoms in total. The van der Waals surface area contributed by atoms with E-state index in [-0.39, 0.29) is 11.5 Å². The normalized spacial score (nSPS) is 11.5. The largest absolute Gasteiger partial charge is 0.229 e. The molecule has 13 heavy (non-hydrogen) atoms. The van der Waals surface area contributed by atoms with E-state index in [0.717, 1.165) is 10.0 Å². The van der Waals surface area contributed by atoms with E-state index in [9.17, 15) is 8.42 Å². The second kappa shape index (κ2) is 4.24. The van der Waals surface area contributed by atoms with Crippen molar-refractivity contribution in [3.63, 3.8) is 0 Å². The van der Waals surface area contributed by atoms with Gasteiger partial charge in [0.2, 0.25) is 0 Å². The molecule has 1 aromatic carbocycles. The van der Waals surface area contributed by atoms with Crippen molar-refractivity contribution in [2.75, 3.05) is 5.75 Å². The summed E-state index contributed by atoms with van der Waals surface area (Å²) in [7, 11) is -2.91. The van der Waals surface area contributed by atoms with E-state index >= 15 is 0 Å². The van der Waals surface area contributed by atoms with Gasteiger partial charge in [-0.1, -0.05) is 35.0 Å². The van der Waals surface area contributed by atoms with Gasteiger partial charge < -0.3 is 0 Å². The first-order chi connectivity index (χ1) is 6.03. The molecule has 0 spiro atoms. The molecule has 1 rings (SSSR count). The van der Waals surface area contributed by atoms with Crippen molar-refractivity contribution >= 4 is 25.8 Å². The Kier molecular flexibility index (Phi) is 3.50. The van der Waals surface area contributed by atoms with Gasteiger partial charge in [0.05, 0.1) is 5.75 Å². The van der Waals surface area contributed by atoms with Crippen LogP contribution in [-0.4, -0.2) is 14.2 Å². The monoisotopic (exact) mass is 262 g/mol. The average Bonchev–Trinajstić information content (AvgIpc) is 2.03. The summed E-state index contributed by atoms with van der Waals surface area (Å²) in [5.74, 6) is 0.322. The number of benzene rings is 1. The van der Waals surface area contributed by atoms with Gasteiger partial charge >= 0.3 is 0 Å². The van der Waals surface area contributed by atoms with Crippen LogP contribution in [0.3, 0.4) is 0 Å². The van der Waals surface area contributed by atoms with Crippen LogP contribution in [0.25, 0.3) is 0 Å². The summed E-state index contributed by atoms with van der Waals surface area (Å²) in [4.78, 5) is 0. The Labute approximate surface area is 87.0 Å². The molecule has 0 saturated carbocycles. The zero-order chi connectivity index (χ0) is 9.90. The SMILES string of the molecule is CCS(=O)(=O)Cc1cccc(Br)c1. The molecule has 0 aromatic heterocycles. The van der Waals surface area contributed by atoms with Crippen LogP contribution in [0.15, 0.2) is 28.7 Å². The number of hydrogen-bond acceptors (Lipinski definition) is 2. The van der Waals surface area contributed by atoms with Crippen LogP contribution in [0, 0.1) is 0 Å². The van der Waals surface area contributed by atoms with Crippen molar-refractivity contribution in [1.82, 2.24) is 0 Å². The molecule has 0 heterocycles. The predicted octanol–water partition coefficient (Wildman–Crippen LogP) is 2.38. The van der Waals surface area contributed by atoms with Gasteiger partial charge in [-0.2, -0.15) is 0 Å². The fraction of sp³-hybridized carbons (Fsp3) is 0.333. The lowest BCUT2D eigenvalue weighted by Gasteiger charge is -2.01. The Morgan fingerprint density at radius 3 is 2.62 bits per heavy atom. The van der Waals surface area contributed by atoms with E-state index in [1.165, 1.54) is 0 Å². The van der Waals surface area contributed by atoms with Gasteiger partial charge in [-0.15, -0.1) is 0 Å². The van der Waals surface area contributed by atoms with E-state index in [1.54, 1.807) is 6.92 Å². The summed E-state index contributed by atoms with van der Waals surface area (Å²) in [6.45, 7) is 1.66. The molecule has 0 N–H and O–H groups in total. The summed E-state index contributed by atoms with van der Waals surface area (Å²) < 4.78 is 23.4. The highest BCUT2D eigenvalue weighted by atomic mass is 79.9. The first kappa shape index (κ1) is 10.7. The van der Waals surface area contributed by atoms with Gasteiger partial charge in [0, 0.05) is 10.2 Å². The van der Waals surface area contributed by atoms with Crippen LogP contribution >= 0.6 is 15.9 Å². The Hall–Kier alpha value is -0.350. The third-order valence-corrected chi connectivity index (χ3v) is 3.86. The van der Waals surface area contributed by atoms with Gasteiger partial charge in [-0.25, -0.2) is 8.42 Å². The first-order valence-electron chi connectivity index (χ1n) is 3.98. The highest BCUT2D eigenvalue weighted by molar-refractivity contribution is 9.10. The molecule has 72 valence electrons. The summed E-state index contributed by atoms with van der Waals surface area (Å²) in [6.07, 6.45) is 0. The van der Waals surface area contributed by atoms with Gasteiger partial charge in [0.15, 0.2) is 9.84 Å². The van der Waals surface area contributed by atoms with Gasteiger partial charge in [0.25, 0.3) is 0 Å². The molecular weight excluding hydrogens is 252 g/mol. The lowest BCUT2D eigenvalue weighted by Crippen LogP contribution is -2.06. The molecule has 0 saturated heterocycles. The molecular formula is C9H11BrO2S. The Morgan fingerprint density at radius 2 is 2.08 bits per heavy atom. The standard InChI is InChI=1S/C9H11BrO2S/c1-2-13(11,12)7-8-4-3-5-9(10)6-8/h3-6H,2,7H2,1H3. The van der Waals surface area contributed by atoms with Crippen LogP contribution < -0.4 is 0 Å². The van der Waals surface area contributed by atoms with Crippen LogP contribution in [-0.2, 0) is 15.6 Å². The lowest BCUT2D eigenvalue weighted by atomic mass is 10.2. The van der Waals surface area contributed by atoms with E-state index < -0.39 is 9.84 Å². The highest BCUT2D eigenvalue weighted by Gasteiger charge is 2.08. The lowest BCUT2D eigenvalue weighted by molar-refractivity contribution is 0.596. The van der Waals surface area contributed by atoms with Crippen molar-refractivity contribution < 1.29 is 8.42 Å². The van der Waals surface area contributed by atoms with Crippen LogP contribution in [0.5, 0.6) is 0 Å². The molecule has 0 aliphatic rings. The minimum atomic E-state index is -2.91. The third kappa shape index (κ3) is 3.48. The summed E-state index contributed by atoms with van der Waals surface area (Å²) >= 11 is 3.30. The van der Waals surface area contributed by atoms with Crippen molar-refractivity contribution in [3.05, 3.63) is 34.3 Å². The fourth-order valence-electron chi connectivity index (χ4n) is 0.983. The van der Waals surface area contributed by atoms with Gasteiger partial charge in [-0.3, -0.25) is 0 Å². The molecule has 0 fully saturated rings. The molecule has 0 aliphatic carbocycles. The molecule has 1 aromatic rings. The molecule has 0 amide bonds. The quantitative estimate of drug-likeness (QED) is 0.839. The smallest absolute Gasteiger partial charge is 0.154 e. The minimum absolute atomic E-state index is 0.128.